The van der Waals surface area contributed by atoms with Gasteiger partial charge in [0, 0.05) is 12.1 Å². The molecule has 158 valence electrons. The lowest BCUT2D eigenvalue weighted by molar-refractivity contribution is -0.142. The van der Waals surface area contributed by atoms with Crippen LogP contribution < -0.4 is 10.2 Å². The summed E-state index contributed by atoms with van der Waals surface area (Å²) in [6.07, 6.45) is 1.59. The molecule has 1 unspecified atom stereocenters. The minimum atomic E-state index is -1.28. The standard InChI is InChI=1S/C21H26F2N2O4/c1-10(11(2)19(27)28)8-24-15(26)9-25-18-14(22)7-13(12-5-6-12)17(23)16(18)21(3,4)20(25)29/h7,10-12H,5-6,8-9H2,1-4H3,(H,24,26)(H,27,28)/t10?,11-/m1/s1. The first-order valence-electron chi connectivity index (χ1n) is 9.80. The molecule has 2 atom stereocenters. The van der Waals surface area contributed by atoms with E-state index in [1.165, 1.54) is 20.8 Å². The highest BCUT2D eigenvalue weighted by Gasteiger charge is 2.49. The molecule has 2 N–H and O–H groups in total. The molecule has 8 heteroatoms. The third kappa shape index (κ3) is 3.72. The first kappa shape index (κ1) is 21.2. The zero-order valence-corrected chi connectivity index (χ0v) is 17.0. The highest BCUT2D eigenvalue weighted by atomic mass is 19.1. The van der Waals surface area contributed by atoms with Crippen molar-refractivity contribution in [3.8, 4) is 0 Å². The number of rotatable bonds is 7. The van der Waals surface area contributed by atoms with Gasteiger partial charge in [-0.2, -0.15) is 0 Å². The van der Waals surface area contributed by atoms with Crippen LogP contribution in [-0.4, -0.2) is 36.0 Å². The molecule has 0 radical (unpaired) electrons. The van der Waals surface area contributed by atoms with E-state index in [4.69, 9.17) is 5.11 Å². The smallest absolute Gasteiger partial charge is 0.306 e. The molecule has 1 aliphatic carbocycles. The fourth-order valence-electron chi connectivity index (χ4n) is 3.75. The molecule has 29 heavy (non-hydrogen) atoms. The average molecular weight is 408 g/mol. The molecule has 2 aliphatic rings. The Balaban J connectivity index is 1.82. The van der Waals surface area contributed by atoms with Crippen LogP contribution in [0.15, 0.2) is 6.07 Å². The molecule has 1 fully saturated rings. The Morgan fingerprint density at radius 3 is 2.48 bits per heavy atom. The lowest BCUT2D eigenvalue weighted by Gasteiger charge is -2.21. The Morgan fingerprint density at radius 2 is 1.93 bits per heavy atom. The Kier molecular flexibility index (Phi) is 5.40. The second-order valence-corrected chi connectivity index (χ2v) is 8.68. The van der Waals surface area contributed by atoms with Crippen molar-refractivity contribution in [2.75, 3.05) is 18.0 Å². The predicted molar refractivity (Wildman–Crippen MR) is 103 cm³/mol. The minimum absolute atomic E-state index is 0.00469. The van der Waals surface area contributed by atoms with Gasteiger partial charge in [0.05, 0.1) is 17.0 Å². The fraction of sp³-hybridized carbons (Fsp3) is 0.571. The van der Waals surface area contributed by atoms with Crippen molar-refractivity contribution >= 4 is 23.5 Å². The number of anilines is 1. The number of benzene rings is 1. The van der Waals surface area contributed by atoms with Crippen molar-refractivity contribution in [1.82, 2.24) is 5.32 Å². The monoisotopic (exact) mass is 408 g/mol. The molecule has 1 aromatic rings. The normalized spacial score (nSPS) is 19.7. The van der Waals surface area contributed by atoms with Crippen molar-refractivity contribution in [1.29, 1.82) is 0 Å². The highest BCUT2D eigenvalue weighted by molar-refractivity contribution is 6.10. The van der Waals surface area contributed by atoms with E-state index < -0.39 is 47.3 Å². The van der Waals surface area contributed by atoms with Gasteiger partial charge in [-0.25, -0.2) is 8.78 Å². The largest absolute Gasteiger partial charge is 0.481 e. The van der Waals surface area contributed by atoms with Crippen LogP contribution >= 0.6 is 0 Å². The Labute approximate surface area is 168 Å². The quantitative estimate of drug-likeness (QED) is 0.726. The number of hydrogen-bond acceptors (Lipinski definition) is 3. The predicted octanol–water partition coefficient (Wildman–Crippen LogP) is 2.94. The van der Waals surface area contributed by atoms with Crippen LogP contribution in [0.25, 0.3) is 0 Å². The molecule has 1 heterocycles. The average Bonchev–Trinajstić information content (AvgIpc) is 3.46. The number of carboxylic acids is 1. The first-order chi connectivity index (χ1) is 13.5. The molecule has 1 aliphatic heterocycles. The van der Waals surface area contributed by atoms with Crippen LogP contribution in [0.3, 0.4) is 0 Å². The SMILES string of the molecule is CC(CNC(=O)CN1C(=O)C(C)(C)c2c(F)c(C3CC3)cc(F)c21)[C@@H](C)C(=O)O. The zero-order chi connectivity index (χ0) is 21.7. The van der Waals surface area contributed by atoms with Gasteiger partial charge in [-0.05, 0) is 50.2 Å². The van der Waals surface area contributed by atoms with Crippen LogP contribution in [0.1, 0.15) is 57.6 Å². The van der Waals surface area contributed by atoms with Crippen molar-refractivity contribution in [2.24, 2.45) is 11.8 Å². The summed E-state index contributed by atoms with van der Waals surface area (Å²) in [5.41, 5.74) is -1.16. The number of halogens is 2. The maximum absolute atomic E-state index is 15.1. The second kappa shape index (κ2) is 7.39. The Bertz CT molecular complexity index is 880. The van der Waals surface area contributed by atoms with Crippen LogP contribution in [0.5, 0.6) is 0 Å². The van der Waals surface area contributed by atoms with E-state index in [9.17, 15) is 18.8 Å². The lowest BCUT2D eigenvalue weighted by Crippen LogP contribution is -2.44. The zero-order valence-electron chi connectivity index (χ0n) is 17.0. The van der Waals surface area contributed by atoms with Gasteiger partial charge in [0.15, 0.2) is 0 Å². The van der Waals surface area contributed by atoms with E-state index in [0.29, 0.717) is 5.56 Å². The molecule has 6 nitrogen and oxygen atoms in total. The van der Waals surface area contributed by atoms with E-state index in [0.717, 1.165) is 23.8 Å². The summed E-state index contributed by atoms with van der Waals surface area (Å²) < 4.78 is 30.0. The molecule has 1 aromatic carbocycles. The fourth-order valence-corrected chi connectivity index (χ4v) is 3.75. The number of aliphatic carboxylic acids is 1. The second-order valence-electron chi connectivity index (χ2n) is 8.68. The van der Waals surface area contributed by atoms with Crippen LogP contribution in [-0.2, 0) is 19.8 Å². The molecular weight excluding hydrogens is 382 g/mol. The van der Waals surface area contributed by atoms with Gasteiger partial charge >= 0.3 is 5.97 Å². The number of fused-ring (bicyclic) bond motifs is 1. The molecule has 2 amide bonds. The topological polar surface area (TPSA) is 86.7 Å². The van der Waals surface area contributed by atoms with E-state index in [-0.39, 0.29) is 29.6 Å². The number of nitrogens with one attached hydrogen (secondary N) is 1. The molecule has 1 saturated carbocycles. The molecule has 0 aromatic heterocycles. The summed E-state index contributed by atoms with van der Waals surface area (Å²) in [7, 11) is 0. The molecular formula is C21H26F2N2O4. The maximum atomic E-state index is 15.1. The lowest BCUT2D eigenvalue weighted by atomic mass is 9.84. The summed E-state index contributed by atoms with van der Waals surface area (Å²) in [5, 5.41) is 11.6. The number of carbonyl (C=O) groups is 3. The summed E-state index contributed by atoms with van der Waals surface area (Å²) in [4.78, 5) is 37.3. The molecule has 0 saturated heterocycles. The summed E-state index contributed by atoms with van der Waals surface area (Å²) in [5.74, 6) is -4.34. The minimum Gasteiger partial charge on any atom is -0.481 e. The summed E-state index contributed by atoms with van der Waals surface area (Å²) in [6.45, 7) is 5.93. The Morgan fingerprint density at radius 1 is 1.31 bits per heavy atom. The van der Waals surface area contributed by atoms with Crippen molar-refractivity contribution in [3.63, 3.8) is 0 Å². The molecule has 0 bridgehead atoms. The summed E-state index contributed by atoms with van der Waals surface area (Å²) >= 11 is 0. The van der Waals surface area contributed by atoms with Gasteiger partial charge in [-0.15, -0.1) is 0 Å². The summed E-state index contributed by atoms with van der Waals surface area (Å²) in [6, 6.07) is 1.14. The van der Waals surface area contributed by atoms with Crippen molar-refractivity contribution in [3.05, 3.63) is 28.8 Å². The number of hydrogen-bond donors (Lipinski definition) is 2. The number of carboxylic acid groups (broad SMARTS) is 1. The van der Waals surface area contributed by atoms with Crippen molar-refractivity contribution < 1.29 is 28.3 Å². The third-order valence-corrected chi connectivity index (χ3v) is 6.08. The Hall–Kier alpha value is -2.51. The number of carbonyl (C=O) groups excluding carboxylic acids is 2. The van der Waals surface area contributed by atoms with Gasteiger partial charge in [-0.3, -0.25) is 19.3 Å². The highest BCUT2D eigenvalue weighted by Crippen LogP contribution is 2.50. The van der Waals surface area contributed by atoms with E-state index in [1.807, 2.05) is 0 Å². The van der Waals surface area contributed by atoms with E-state index in [1.54, 1.807) is 6.92 Å². The van der Waals surface area contributed by atoms with Gasteiger partial charge in [0.2, 0.25) is 11.8 Å². The first-order valence-corrected chi connectivity index (χ1v) is 9.80. The van der Waals surface area contributed by atoms with Crippen LogP contribution in [0.4, 0.5) is 14.5 Å². The van der Waals surface area contributed by atoms with Gasteiger partial charge in [0.1, 0.15) is 18.2 Å². The van der Waals surface area contributed by atoms with Crippen LogP contribution in [0, 0.1) is 23.5 Å². The number of amides is 2. The van der Waals surface area contributed by atoms with E-state index in [2.05, 4.69) is 5.32 Å². The van der Waals surface area contributed by atoms with Crippen molar-refractivity contribution in [2.45, 2.75) is 51.9 Å². The van der Waals surface area contributed by atoms with Gasteiger partial charge in [0.25, 0.3) is 0 Å². The third-order valence-electron chi connectivity index (χ3n) is 6.08. The maximum Gasteiger partial charge on any atom is 0.306 e. The van der Waals surface area contributed by atoms with E-state index >= 15 is 4.39 Å². The van der Waals surface area contributed by atoms with Gasteiger partial charge in [-0.1, -0.05) is 13.8 Å². The van der Waals surface area contributed by atoms with Gasteiger partial charge < -0.3 is 10.4 Å². The number of nitrogens with zero attached hydrogens (tertiary/aromatic N) is 1. The molecule has 3 rings (SSSR count). The molecule has 0 spiro atoms. The van der Waals surface area contributed by atoms with Crippen LogP contribution in [0.2, 0.25) is 0 Å².